The van der Waals surface area contributed by atoms with E-state index in [1.54, 1.807) is 17.0 Å². The van der Waals surface area contributed by atoms with Crippen molar-refractivity contribution in [1.29, 1.82) is 0 Å². The summed E-state index contributed by atoms with van der Waals surface area (Å²) in [7, 11) is 0. The average molecular weight is 195 g/mol. The van der Waals surface area contributed by atoms with E-state index in [0.717, 1.165) is 12.2 Å². The van der Waals surface area contributed by atoms with Crippen molar-refractivity contribution < 1.29 is 0 Å². The molecule has 1 heterocycles. The first-order valence-corrected chi connectivity index (χ1v) is 4.86. The van der Waals surface area contributed by atoms with Crippen LogP contribution in [0.15, 0.2) is 17.2 Å². The third-order valence-electron chi connectivity index (χ3n) is 1.92. The molecular weight excluding hydrogens is 178 g/mol. The summed E-state index contributed by atoms with van der Waals surface area (Å²) in [6, 6.07) is 2.00. The Hall–Kier alpha value is -1.16. The fourth-order valence-corrected chi connectivity index (χ4v) is 1.16. The second kappa shape index (κ2) is 4.91. The van der Waals surface area contributed by atoms with Crippen LogP contribution < -0.4 is 10.9 Å². The number of aromatic nitrogens is 2. The first-order chi connectivity index (χ1) is 6.59. The van der Waals surface area contributed by atoms with Crippen LogP contribution in [0.3, 0.4) is 0 Å². The van der Waals surface area contributed by atoms with Crippen LogP contribution in [0.2, 0.25) is 0 Å². The highest BCUT2D eigenvalue weighted by molar-refractivity contribution is 4.95. The summed E-state index contributed by atoms with van der Waals surface area (Å²) >= 11 is 0. The number of aryl methyl sites for hydroxylation is 1. The van der Waals surface area contributed by atoms with Gasteiger partial charge in [0.25, 0.3) is 5.56 Å². The predicted molar refractivity (Wildman–Crippen MR) is 56.4 cm³/mol. The van der Waals surface area contributed by atoms with Gasteiger partial charge >= 0.3 is 0 Å². The zero-order chi connectivity index (χ0) is 10.6. The predicted octanol–water partition coefficient (Wildman–Crippen LogP) is 0.550. The molecule has 1 aromatic rings. The Labute approximate surface area is 84.0 Å². The monoisotopic (exact) mass is 195 g/mol. The van der Waals surface area contributed by atoms with Crippen molar-refractivity contribution in [3.05, 3.63) is 28.4 Å². The van der Waals surface area contributed by atoms with Crippen LogP contribution in [0.4, 0.5) is 0 Å². The van der Waals surface area contributed by atoms with Crippen molar-refractivity contribution >= 4 is 0 Å². The minimum Gasteiger partial charge on any atom is -0.313 e. The van der Waals surface area contributed by atoms with Crippen LogP contribution in [0.25, 0.3) is 0 Å². The minimum atomic E-state index is 0.0167. The zero-order valence-electron chi connectivity index (χ0n) is 8.95. The molecule has 0 aliphatic carbocycles. The van der Waals surface area contributed by atoms with Gasteiger partial charge in [0.1, 0.15) is 0 Å². The molecule has 1 N–H and O–H groups in total. The summed E-state index contributed by atoms with van der Waals surface area (Å²) in [4.78, 5) is 15.5. The van der Waals surface area contributed by atoms with Crippen molar-refractivity contribution in [2.24, 2.45) is 0 Å². The summed E-state index contributed by atoms with van der Waals surface area (Å²) in [6.45, 7) is 7.44. The van der Waals surface area contributed by atoms with Crippen LogP contribution in [0.5, 0.6) is 0 Å². The molecule has 0 unspecified atom stereocenters. The number of nitrogens with one attached hydrogen (secondary N) is 1. The van der Waals surface area contributed by atoms with Gasteiger partial charge in [-0.1, -0.05) is 13.8 Å². The Morgan fingerprint density at radius 1 is 1.57 bits per heavy atom. The van der Waals surface area contributed by atoms with Crippen LogP contribution in [0.1, 0.15) is 19.5 Å². The summed E-state index contributed by atoms with van der Waals surface area (Å²) in [5.74, 6) is 0. The van der Waals surface area contributed by atoms with E-state index >= 15 is 0 Å². The average Bonchev–Trinajstić information content (AvgIpc) is 2.08. The number of nitrogens with zero attached hydrogens (tertiary/aromatic N) is 2. The topological polar surface area (TPSA) is 46.9 Å². The third-order valence-corrected chi connectivity index (χ3v) is 1.92. The number of rotatable bonds is 4. The first kappa shape index (κ1) is 10.9. The number of hydrogen-bond donors (Lipinski definition) is 1. The second-order valence-corrected chi connectivity index (χ2v) is 3.67. The van der Waals surface area contributed by atoms with Crippen molar-refractivity contribution in [3.63, 3.8) is 0 Å². The fraction of sp³-hybridized carbons (Fsp3) is 0.600. The van der Waals surface area contributed by atoms with Gasteiger partial charge in [-0.15, -0.1) is 0 Å². The molecule has 0 amide bonds. The van der Waals surface area contributed by atoms with Gasteiger partial charge in [-0.05, 0) is 6.92 Å². The summed E-state index contributed by atoms with van der Waals surface area (Å²) < 4.78 is 1.61. The molecular formula is C10H17N3O. The first-order valence-electron chi connectivity index (χ1n) is 4.86. The van der Waals surface area contributed by atoms with Gasteiger partial charge in [0.05, 0.1) is 6.33 Å². The molecule has 0 fully saturated rings. The normalized spacial score (nSPS) is 10.9. The maximum absolute atomic E-state index is 11.4. The van der Waals surface area contributed by atoms with Gasteiger partial charge in [0, 0.05) is 30.9 Å². The largest absolute Gasteiger partial charge is 0.313 e. The molecule has 0 spiro atoms. The Morgan fingerprint density at radius 3 is 2.86 bits per heavy atom. The zero-order valence-corrected chi connectivity index (χ0v) is 8.95. The van der Waals surface area contributed by atoms with Gasteiger partial charge in [-0.3, -0.25) is 9.36 Å². The summed E-state index contributed by atoms with van der Waals surface area (Å²) in [5.41, 5.74) is 0.783. The Morgan fingerprint density at radius 2 is 2.29 bits per heavy atom. The molecule has 1 aromatic heterocycles. The summed E-state index contributed by atoms with van der Waals surface area (Å²) in [6.07, 6.45) is 1.60. The standard InChI is InChI=1S/C10H17N3O/c1-8(2)11-4-5-13-7-12-9(3)6-10(13)14/h6-8,11H,4-5H2,1-3H3. The Kier molecular flexibility index (Phi) is 3.83. The van der Waals surface area contributed by atoms with E-state index in [9.17, 15) is 4.79 Å². The summed E-state index contributed by atoms with van der Waals surface area (Å²) in [5, 5.41) is 3.25. The highest BCUT2D eigenvalue weighted by Crippen LogP contribution is 1.85. The highest BCUT2D eigenvalue weighted by Gasteiger charge is 1.97. The molecule has 0 atom stereocenters. The smallest absolute Gasteiger partial charge is 0.253 e. The molecule has 0 bridgehead atoms. The van der Waals surface area contributed by atoms with E-state index < -0.39 is 0 Å². The number of hydrogen-bond acceptors (Lipinski definition) is 3. The molecule has 0 saturated heterocycles. The molecule has 4 nitrogen and oxygen atoms in total. The maximum atomic E-state index is 11.4. The molecule has 0 saturated carbocycles. The molecule has 0 radical (unpaired) electrons. The van der Waals surface area contributed by atoms with Crippen LogP contribution >= 0.6 is 0 Å². The molecule has 0 aliphatic rings. The van der Waals surface area contributed by atoms with Gasteiger partial charge in [-0.2, -0.15) is 0 Å². The fourth-order valence-electron chi connectivity index (χ4n) is 1.16. The van der Waals surface area contributed by atoms with Crippen molar-refractivity contribution in [2.45, 2.75) is 33.4 Å². The van der Waals surface area contributed by atoms with Crippen molar-refractivity contribution in [2.75, 3.05) is 6.54 Å². The van der Waals surface area contributed by atoms with E-state index in [1.165, 1.54) is 0 Å². The lowest BCUT2D eigenvalue weighted by atomic mass is 10.4. The Bertz CT molecular complexity index is 343. The Balaban J connectivity index is 2.55. The van der Waals surface area contributed by atoms with Crippen LogP contribution in [-0.4, -0.2) is 22.1 Å². The SMILES string of the molecule is Cc1cc(=O)n(CCNC(C)C)cn1. The van der Waals surface area contributed by atoms with Crippen LogP contribution in [0, 0.1) is 6.92 Å². The lowest BCUT2D eigenvalue weighted by molar-refractivity contribution is 0.530. The van der Waals surface area contributed by atoms with E-state index in [4.69, 9.17) is 0 Å². The van der Waals surface area contributed by atoms with E-state index in [0.29, 0.717) is 12.6 Å². The molecule has 78 valence electrons. The van der Waals surface area contributed by atoms with Crippen molar-refractivity contribution in [1.82, 2.24) is 14.9 Å². The van der Waals surface area contributed by atoms with Gasteiger partial charge in [0.15, 0.2) is 0 Å². The molecule has 4 heteroatoms. The quantitative estimate of drug-likeness (QED) is 0.763. The second-order valence-electron chi connectivity index (χ2n) is 3.67. The van der Waals surface area contributed by atoms with Gasteiger partial charge in [-0.25, -0.2) is 4.98 Å². The van der Waals surface area contributed by atoms with Gasteiger partial charge < -0.3 is 5.32 Å². The highest BCUT2D eigenvalue weighted by atomic mass is 16.1. The van der Waals surface area contributed by atoms with E-state index in [2.05, 4.69) is 24.1 Å². The molecule has 1 rings (SSSR count). The lowest BCUT2D eigenvalue weighted by Crippen LogP contribution is -2.30. The molecule has 0 aliphatic heterocycles. The van der Waals surface area contributed by atoms with Crippen LogP contribution in [-0.2, 0) is 6.54 Å². The third kappa shape index (κ3) is 3.30. The molecule has 0 aromatic carbocycles. The van der Waals surface area contributed by atoms with Gasteiger partial charge in [0.2, 0.25) is 0 Å². The lowest BCUT2D eigenvalue weighted by Gasteiger charge is -2.09. The minimum absolute atomic E-state index is 0.0167. The van der Waals surface area contributed by atoms with E-state index in [1.807, 2.05) is 6.92 Å². The maximum Gasteiger partial charge on any atom is 0.253 e. The van der Waals surface area contributed by atoms with E-state index in [-0.39, 0.29) is 5.56 Å². The van der Waals surface area contributed by atoms with Crippen molar-refractivity contribution in [3.8, 4) is 0 Å². The molecule has 14 heavy (non-hydrogen) atoms.